The number of nitrogens with one attached hydrogen (secondary N) is 2. The molecule has 2 aliphatic heterocycles. The number of benzene rings is 5. The van der Waals surface area contributed by atoms with E-state index < -0.39 is 154 Å². The molecule has 8 bridgehead atoms. The lowest BCUT2D eigenvalue weighted by molar-refractivity contribution is 0.381. The highest BCUT2D eigenvalue weighted by molar-refractivity contribution is 6.32. The Labute approximate surface area is 431 Å². The average molecular weight is 1100 g/mol. The van der Waals surface area contributed by atoms with Crippen LogP contribution in [0.1, 0.15) is 22.8 Å². The molecule has 23 heteroatoms. The van der Waals surface area contributed by atoms with Gasteiger partial charge in [0.1, 0.15) is 5.69 Å². The molecule has 78 heavy (non-hydrogen) atoms. The summed E-state index contributed by atoms with van der Waals surface area (Å²) in [6.07, 6.45) is 6.71. The van der Waals surface area contributed by atoms with Gasteiger partial charge in [0.2, 0.25) is 17.5 Å². The summed E-state index contributed by atoms with van der Waals surface area (Å²) in [6, 6.07) is 18.3. The second kappa shape index (κ2) is 19.4. The number of hydrogen-bond donors (Lipinski definition) is 2. The number of aromatic nitrogens is 5. The standard InChI is InChI=1S/C55H21ClF15N7/c56-24-16-17-72-19-33(24)78-77-21-5-3-4-20(18-21)22-6-1-2-7-23(22)34-25-8-10-27(73-25)35(38-41(57)47(63)53(69)48(64)42(38)58)29-12-14-31(75-29)37(40-45(61)51(67)55(71)52(68)46(40)62)32-15-13-30(76-32)36(28-11-9-26(34)74-28)39-43(59)49(65)54(70)50(66)44(39)60/h1-19,73,76H. The SMILES string of the molecule is Fc1c(F)c(F)c(-c2c3nc(c(-c4c(F)c(F)c(F)c(F)c4F)c4ccc([nH]4)c(-c4c(F)c(F)c(F)c(F)c4F)c4nc(c(-c5ccccc5-c5cccc(N=Nc6cnccc6Cl)c5)c5ccc2[nH]5)C=C4)C=C3)c(F)c1F. The molecule has 6 heterocycles. The largest absolute Gasteiger partial charge is 0.354 e. The molecule has 0 aliphatic carbocycles. The second-order valence-electron chi connectivity index (χ2n) is 17.0. The van der Waals surface area contributed by atoms with Gasteiger partial charge in [-0.25, -0.2) is 75.8 Å². The van der Waals surface area contributed by atoms with E-state index in [1.165, 1.54) is 30.6 Å². The highest BCUT2D eigenvalue weighted by Gasteiger charge is 2.34. The van der Waals surface area contributed by atoms with Crippen LogP contribution >= 0.6 is 11.6 Å². The Morgan fingerprint density at radius 3 is 1.14 bits per heavy atom. The van der Waals surface area contributed by atoms with Crippen LogP contribution in [0.5, 0.6) is 0 Å². The minimum absolute atomic E-state index is 0.0110. The predicted molar refractivity (Wildman–Crippen MR) is 259 cm³/mol. The molecule has 0 radical (unpaired) electrons. The first-order chi connectivity index (χ1) is 37.4. The van der Waals surface area contributed by atoms with Crippen molar-refractivity contribution in [3.05, 3.63) is 206 Å². The van der Waals surface area contributed by atoms with Crippen LogP contribution in [-0.2, 0) is 0 Å². The molecule has 388 valence electrons. The van der Waals surface area contributed by atoms with Crippen molar-refractivity contribution >= 4 is 69.3 Å². The third kappa shape index (κ3) is 8.17. The van der Waals surface area contributed by atoms with E-state index in [2.05, 4.69) is 35.1 Å². The van der Waals surface area contributed by atoms with Crippen LogP contribution < -0.4 is 0 Å². The van der Waals surface area contributed by atoms with Gasteiger partial charge in [0.25, 0.3) is 0 Å². The summed E-state index contributed by atoms with van der Waals surface area (Å²) in [5, 5.41) is 8.69. The van der Waals surface area contributed by atoms with Gasteiger partial charge in [-0.2, -0.15) is 5.11 Å². The van der Waals surface area contributed by atoms with Crippen molar-refractivity contribution in [2.45, 2.75) is 0 Å². The Morgan fingerprint density at radius 1 is 0.359 bits per heavy atom. The summed E-state index contributed by atoms with van der Waals surface area (Å²) in [5.74, 6) is -37.0. The smallest absolute Gasteiger partial charge is 0.200 e. The van der Waals surface area contributed by atoms with E-state index in [4.69, 9.17) is 11.6 Å². The van der Waals surface area contributed by atoms with Crippen LogP contribution in [0.25, 0.3) is 102 Å². The van der Waals surface area contributed by atoms with E-state index in [0.717, 1.165) is 36.4 Å². The zero-order valence-electron chi connectivity index (χ0n) is 38.3. The minimum atomic E-state index is -2.63. The molecule has 9 aromatic rings. The van der Waals surface area contributed by atoms with Crippen molar-refractivity contribution in [2.75, 3.05) is 0 Å². The summed E-state index contributed by atoms with van der Waals surface area (Å²) < 4.78 is 232. The molecule has 5 aromatic carbocycles. The van der Waals surface area contributed by atoms with Crippen molar-refractivity contribution in [1.82, 2.24) is 24.9 Å². The molecule has 11 rings (SSSR count). The highest BCUT2D eigenvalue weighted by atomic mass is 35.5. The molecular weight excluding hydrogens is 1080 g/mol. The number of azo groups is 1. The summed E-state index contributed by atoms with van der Waals surface area (Å²) in [4.78, 5) is 18.2. The number of pyridine rings is 1. The maximum Gasteiger partial charge on any atom is 0.200 e. The zero-order valence-corrected chi connectivity index (χ0v) is 39.0. The Hall–Kier alpha value is -9.31. The first-order valence-electron chi connectivity index (χ1n) is 22.3. The van der Waals surface area contributed by atoms with Crippen molar-refractivity contribution < 1.29 is 65.9 Å². The van der Waals surface area contributed by atoms with Crippen molar-refractivity contribution in [2.24, 2.45) is 10.2 Å². The fraction of sp³-hybridized carbons (Fsp3) is 0. The van der Waals surface area contributed by atoms with Gasteiger partial charge in [-0.1, -0.05) is 48.0 Å². The molecular formula is C55H21ClF15N7. The van der Waals surface area contributed by atoms with Gasteiger partial charge in [0.05, 0.1) is 56.4 Å². The Balaban J connectivity index is 1.32. The number of halogens is 16. The monoisotopic (exact) mass is 1100 g/mol. The molecule has 0 amide bonds. The van der Waals surface area contributed by atoms with Gasteiger partial charge in [-0.05, 0) is 83.5 Å². The molecule has 7 nitrogen and oxygen atoms in total. The summed E-state index contributed by atoms with van der Waals surface area (Å²) in [6.45, 7) is 0. The molecule has 0 saturated heterocycles. The Bertz CT molecular complexity index is 4220. The second-order valence-corrected chi connectivity index (χ2v) is 17.4. The third-order valence-corrected chi connectivity index (χ3v) is 12.8. The number of nitrogens with zero attached hydrogens (tertiary/aromatic N) is 5. The molecule has 0 saturated carbocycles. The van der Waals surface area contributed by atoms with Crippen LogP contribution in [0, 0.1) is 87.3 Å². The topological polar surface area (TPSA) is 95.0 Å². The van der Waals surface area contributed by atoms with Crippen LogP contribution in [-0.4, -0.2) is 24.9 Å². The van der Waals surface area contributed by atoms with Gasteiger partial charge in [0, 0.05) is 50.5 Å². The van der Waals surface area contributed by atoms with E-state index in [1.54, 1.807) is 48.5 Å². The number of rotatable bonds is 7. The van der Waals surface area contributed by atoms with Crippen LogP contribution in [0.15, 0.2) is 101 Å². The van der Waals surface area contributed by atoms with E-state index in [9.17, 15) is 13.2 Å². The Morgan fingerprint density at radius 2 is 0.731 bits per heavy atom. The number of hydrogen-bond acceptors (Lipinski definition) is 5. The van der Waals surface area contributed by atoms with Gasteiger partial charge in [-0.15, -0.1) is 5.11 Å². The predicted octanol–water partition coefficient (Wildman–Crippen LogP) is 17.5. The first-order valence-corrected chi connectivity index (χ1v) is 22.7. The fourth-order valence-electron chi connectivity index (χ4n) is 8.99. The molecule has 0 fully saturated rings. The normalized spacial score (nSPS) is 12.2. The minimum Gasteiger partial charge on any atom is -0.354 e. The lowest BCUT2D eigenvalue weighted by atomic mass is 9.93. The van der Waals surface area contributed by atoms with Crippen molar-refractivity contribution in [3.63, 3.8) is 0 Å². The Kier molecular flexibility index (Phi) is 12.6. The number of fused-ring (bicyclic) bond motifs is 8. The third-order valence-electron chi connectivity index (χ3n) is 12.5. The molecule has 0 atom stereocenters. The van der Waals surface area contributed by atoms with E-state index in [1.807, 2.05) is 0 Å². The van der Waals surface area contributed by atoms with E-state index in [0.29, 0.717) is 11.1 Å². The van der Waals surface area contributed by atoms with Crippen LogP contribution in [0.2, 0.25) is 5.02 Å². The summed E-state index contributed by atoms with van der Waals surface area (Å²) >= 11 is 6.25. The quantitative estimate of drug-likeness (QED) is 0.0720. The fourth-order valence-corrected chi connectivity index (χ4v) is 9.14. The van der Waals surface area contributed by atoms with Crippen molar-refractivity contribution in [1.29, 1.82) is 0 Å². The first kappa shape index (κ1) is 50.8. The van der Waals surface area contributed by atoms with Gasteiger partial charge in [-0.3, -0.25) is 4.98 Å². The summed E-state index contributed by atoms with van der Waals surface area (Å²) in [5.41, 5.74) is -10.9. The van der Waals surface area contributed by atoms with Gasteiger partial charge >= 0.3 is 0 Å². The molecule has 0 unspecified atom stereocenters. The number of aromatic amines is 2. The lowest BCUT2D eigenvalue weighted by Gasteiger charge is -2.13. The molecule has 0 spiro atoms. The molecule has 4 aromatic heterocycles. The molecule has 2 N–H and O–H groups in total. The lowest BCUT2D eigenvalue weighted by Crippen LogP contribution is -2.06. The maximum atomic E-state index is 16.2. The van der Waals surface area contributed by atoms with E-state index >= 15 is 52.7 Å². The highest BCUT2D eigenvalue weighted by Crippen LogP contribution is 2.45. The van der Waals surface area contributed by atoms with Crippen molar-refractivity contribution in [3.8, 4) is 55.6 Å². The summed E-state index contributed by atoms with van der Waals surface area (Å²) in [7, 11) is 0. The number of H-pyrrole nitrogens is 2. The van der Waals surface area contributed by atoms with Crippen LogP contribution in [0.4, 0.5) is 77.2 Å². The average Bonchev–Trinajstić information content (AvgIpc) is 4.47. The maximum absolute atomic E-state index is 16.2. The van der Waals surface area contributed by atoms with Gasteiger partial charge < -0.3 is 9.97 Å². The van der Waals surface area contributed by atoms with Gasteiger partial charge in [0.15, 0.2) is 69.8 Å². The van der Waals surface area contributed by atoms with E-state index in [-0.39, 0.29) is 38.7 Å². The van der Waals surface area contributed by atoms with Crippen LogP contribution in [0.3, 0.4) is 0 Å². The molecule has 2 aliphatic rings. The zero-order chi connectivity index (χ0) is 55.2.